The van der Waals surface area contributed by atoms with Crippen molar-refractivity contribution in [3.8, 4) is 0 Å². The fourth-order valence-corrected chi connectivity index (χ4v) is 3.36. The molecule has 0 spiro atoms. The summed E-state index contributed by atoms with van der Waals surface area (Å²) in [4.78, 5) is 0. The van der Waals surface area contributed by atoms with Gasteiger partial charge in [-0.25, -0.2) is 0 Å². The maximum Gasteiger partial charge on any atom is 0.0766 e. The Morgan fingerprint density at radius 1 is 1.47 bits per heavy atom. The third-order valence-electron chi connectivity index (χ3n) is 2.87. The third-order valence-corrected chi connectivity index (χ3v) is 4.84. The van der Waals surface area contributed by atoms with Crippen LogP contribution in [0.2, 0.25) is 0 Å². The van der Waals surface area contributed by atoms with Crippen LogP contribution < -0.4 is 5.32 Å². The van der Waals surface area contributed by atoms with Crippen molar-refractivity contribution in [2.24, 2.45) is 7.05 Å². The van der Waals surface area contributed by atoms with Gasteiger partial charge in [-0.3, -0.25) is 4.68 Å². The van der Waals surface area contributed by atoms with Crippen LogP contribution in [0.3, 0.4) is 0 Å². The molecule has 1 heterocycles. The second kappa shape index (κ2) is 7.44. The summed E-state index contributed by atoms with van der Waals surface area (Å²) in [5.41, 5.74) is 2.44. The molecule has 0 fully saturated rings. The van der Waals surface area contributed by atoms with Gasteiger partial charge in [-0.2, -0.15) is 16.9 Å². The van der Waals surface area contributed by atoms with Gasteiger partial charge in [-0.05, 0) is 35.2 Å². The minimum Gasteiger partial charge on any atom is -0.316 e. The molecule has 98 valence electrons. The smallest absolute Gasteiger partial charge is 0.0766 e. The Bertz CT molecular complexity index is 352. The number of hydrogen-bond acceptors (Lipinski definition) is 3. The summed E-state index contributed by atoms with van der Waals surface area (Å²) in [6.45, 7) is 4.34. The van der Waals surface area contributed by atoms with E-state index in [1.54, 1.807) is 0 Å². The molecule has 0 aliphatic heterocycles. The van der Waals surface area contributed by atoms with Crippen LogP contribution in [0.1, 0.15) is 25.2 Å². The first kappa shape index (κ1) is 15.1. The van der Waals surface area contributed by atoms with Gasteiger partial charge in [0.1, 0.15) is 0 Å². The normalized spacial score (nSPS) is 13.0. The van der Waals surface area contributed by atoms with Crippen molar-refractivity contribution in [1.29, 1.82) is 0 Å². The lowest BCUT2D eigenvalue weighted by atomic mass is 10.1. The van der Waals surface area contributed by atoms with Crippen LogP contribution in [0.15, 0.2) is 4.47 Å². The average Bonchev–Trinajstić information content (AvgIpc) is 2.60. The van der Waals surface area contributed by atoms with E-state index in [1.165, 1.54) is 15.9 Å². The lowest BCUT2D eigenvalue weighted by molar-refractivity contribution is 0.580. The molecule has 1 aromatic heterocycles. The van der Waals surface area contributed by atoms with Gasteiger partial charge in [-0.1, -0.05) is 13.8 Å². The second-order valence-corrected chi connectivity index (χ2v) is 6.15. The molecule has 1 unspecified atom stereocenters. The molecule has 3 nitrogen and oxygen atoms in total. The first-order valence-electron chi connectivity index (χ1n) is 6.09. The summed E-state index contributed by atoms with van der Waals surface area (Å²) in [5.74, 6) is 2.32. The summed E-state index contributed by atoms with van der Waals surface area (Å²) in [6, 6.07) is 0.511. The van der Waals surface area contributed by atoms with E-state index in [0.717, 1.165) is 24.3 Å². The van der Waals surface area contributed by atoms with Crippen molar-refractivity contribution < 1.29 is 0 Å². The molecule has 1 aromatic rings. The van der Waals surface area contributed by atoms with E-state index in [-0.39, 0.29) is 0 Å². The molecule has 0 saturated heterocycles. The van der Waals surface area contributed by atoms with Gasteiger partial charge in [0.15, 0.2) is 0 Å². The number of aryl methyl sites for hydroxylation is 2. The minimum atomic E-state index is 0.511. The van der Waals surface area contributed by atoms with Crippen molar-refractivity contribution >= 4 is 27.7 Å². The molecule has 1 rings (SSSR count). The van der Waals surface area contributed by atoms with Gasteiger partial charge in [-0.15, -0.1) is 0 Å². The highest BCUT2D eigenvalue weighted by Gasteiger charge is 2.16. The standard InChI is InChI=1S/C12H22BrN3S/c1-5-10-12(13)11(16(4)15-10)7-9(14-3)8-17-6-2/h9,14H,5-8H2,1-4H3. The van der Waals surface area contributed by atoms with E-state index in [9.17, 15) is 0 Å². The highest BCUT2D eigenvalue weighted by atomic mass is 79.9. The second-order valence-electron chi connectivity index (χ2n) is 4.03. The van der Waals surface area contributed by atoms with E-state index in [1.807, 2.05) is 30.5 Å². The summed E-state index contributed by atoms with van der Waals surface area (Å²) in [7, 11) is 4.06. The maximum absolute atomic E-state index is 4.53. The number of hydrogen-bond donors (Lipinski definition) is 1. The summed E-state index contributed by atoms with van der Waals surface area (Å²) >= 11 is 5.65. The molecule has 0 aliphatic rings. The maximum atomic E-state index is 4.53. The van der Waals surface area contributed by atoms with E-state index in [2.05, 4.69) is 40.2 Å². The van der Waals surface area contributed by atoms with Crippen molar-refractivity contribution in [2.45, 2.75) is 32.7 Å². The highest BCUT2D eigenvalue weighted by Crippen LogP contribution is 2.23. The number of rotatable bonds is 7. The fourth-order valence-electron chi connectivity index (χ4n) is 1.78. The van der Waals surface area contributed by atoms with Crippen LogP contribution in [-0.4, -0.2) is 34.4 Å². The van der Waals surface area contributed by atoms with Crippen LogP contribution in [0.5, 0.6) is 0 Å². The molecular formula is C12H22BrN3S. The van der Waals surface area contributed by atoms with Gasteiger partial charge >= 0.3 is 0 Å². The molecule has 1 N–H and O–H groups in total. The summed E-state index contributed by atoms with van der Waals surface area (Å²) in [5, 5.41) is 7.92. The fraction of sp³-hybridized carbons (Fsp3) is 0.750. The Hall–Kier alpha value is -0.0000000000000000763. The van der Waals surface area contributed by atoms with Gasteiger partial charge in [0.2, 0.25) is 0 Å². The van der Waals surface area contributed by atoms with Gasteiger partial charge in [0.25, 0.3) is 0 Å². The number of nitrogens with zero attached hydrogens (tertiary/aromatic N) is 2. The largest absolute Gasteiger partial charge is 0.316 e. The van der Waals surface area contributed by atoms with Crippen molar-refractivity contribution in [1.82, 2.24) is 15.1 Å². The molecule has 0 aliphatic carbocycles. The summed E-state index contributed by atoms with van der Waals surface area (Å²) in [6.07, 6.45) is 2.00. The highest BCUT2D eigenvalue weighted by molar-refractivity contribution is 9.10. The minimum absolute atomic E-state index is 0.511. The van der Waals surface area contributed by atoms with Gasteiger partial charge in [0, 0.05) is 25.3 Å². The quantitative estimate of drug-likeness (QED) is 0.838. The number of thioether (sulfide) groups is 1. The Kier molecular flexibility index (Phi) is 6.59. The topological polar surface area (TPSA) is 29.9 Å². The van der Waals surface area contributed by atoms with Crippen LogP contribution in [-0.2, 0) is 19.9 Å². The van der Waals surface area contributed by atoms with Crippen LogP contribution in [0.25, 0.3) is 0 Å². The van der Waals surface area contributed by atoms with Crippen LogP contribution in [0.4, 0.5) is 0 Å². The Morgan fingerprint density at radius 3 is 2.65 bits per heavy atom. The Balaban J connectivity index is 2.75. The first-order chi connectivity index (χ1) is 8.13. The van der Waals surface area contributed by atoms with E-state index >= 15 is 0 Å². The molecule has 0 amide bonds. The van der Waals surface area contributed by atoms with Crippen LogP contribution in [0, 0.1) is 0 Å². The molecule has 0 aromatic carbocycles. The molecule has 1 atom stereocenters. The zero-order valence-electron chi connectivity index (χ0n) is 11.1. The van der Waals surface area contributed by atoms with Gasteiger partial charge in [0.05, 0.1) is 15.9 Å². The molecular weight excluding hydrogens is 298 g/mol. The number of halogens is 1. The lowest BCUT2D eigenvalue weighted by Gasteiger charge is -2.15. The Labute approximate surface area is 117 Å². The molecule has 0 saturated carbocycles. The van der Waals surface area contributed by atoms with E-state index in [4.69, 9.17) is 0 Å². The average molecular weight is 320 g/mol. The Morgan fingerprint density at radius 2 is 2.18 bits per heavy atom. The molecule has 0 bridgehead atoms. The van der Waals surface area contributed by atoms with E-state index < -0.39 is 0 Å². The monoisotopic (exact) mass is 319 g/mol. The molecule has 17 heavy (non-hydrogen) atoms. The zero-order chi connectivity index (χ0) is 12.8. The lowest BCUT2D eigenvalue weighted by Crippen LogP contribution is -2.31. The zero-order valence-corrected chi connectivity index (χ0v) is 13.5. The van der Waals surface area contributed by atoms with Crippen molar-refractivity contribution in [3.63, 3.8) is 0 Å². The van der Waals surface area contributed by atoms with Crippen LogP contribution >= 0.6 is 27.7 Å². The van der Waals surface area contributed by atoms with Gasteiger partial charge < -0.3 is 5.32 Å². The number of nitrogens with one attached hydrogen (secondary N) is 1. The third kappa shape index (κ3) is 4.00. The molecule has 5 heteroatoms. The summed E-state index contributed by atoms with van der Waals surface area (Å²) < 4.78 is 3.19. The SMILES string of the molecule is CCSCC(Cc1c(Br)c(CC)nn1C)NC. The van der Waals surface area contributed by atoms with Crippen molar-refractivity contribution in [2.75, 3.05) is 18.6 Å². The predicted molar refractivity (Wildman–Crippen MR) is 79.8 cm³/mol. The van der Waals surface area contributed by atoms with E-state index in [0.29, 0.717) is 6.04 Å². The van der Waals surface area contributed by atoms with Crippen molar-refractivity contribution in [3.05, 3.63) is 15.9 Å². The number of likely N-dealkylation sites (N-methyl/N-ethyl adjacent to an activating group) is 1. The molecule has 0 radical (unpaired) electrons. The number of aromatic nitrogens is 2. The predicted octanol–water partition coefficient (Wildman–Crippen LogP) is 2.63. The first-order valence-corrected chi connectivity index (χ1v) is 8.03.